The zero-order valence-corrected chi connectivity index (χ0v) is 44.3. The Kier molecular flexibility index (Phi) is 13.9. The highest BCUT2D eigenvalue weighted by molar-refractivity contribution is 8.76. The second-order valence-electron chi connectivity index (χ2n) is 22.2. The number of aromatic hydroxyl groups is 2. The maximum atomic E-state index is 13.2. The molecule has 3 aliphatic carbocycles. The van der Waals surface area contributed by atoms with Gasteiger partial charge in [-0.05, 0) is 122 Å². The third-order valence-electron chi connectivity index (χ3n) is 17.3. The van der Waals surface area contributed by atoms with Crippen molar-refractivity contribution in [3.8, 4) is 63.6 Å². The zero-order valence-electron chi connectivity index (χ0n) is 42.7. The molecule has 11 atom stereocenters. The molecule has 0 amide bonds. The number of hydrogen-bond donors (Lipinski definition) is 6. The van der Waals surface area contributed by atoms with Crippen molar-refractivity contribution in [3.63, 3.8) is 0 Å². The van der Waals surface area contributed by atoms with E-state index in [0.717, 1.165) is 112 Å². The predicted octanol–water partition coefficient (Wildman–Crippen LogP) is 9.17. The minimum Gasteiger partial charge on any atom is -0.508 e. The number of phenolic OH excluding ortho intramolecular Hbond substituents is 2. The number of ether oxygens (including phenoxy) is 5. The third-order valence-corrected chi connectivity index (χ3v) is 19.9. The van der Waals surface area contributed by atoms with Gasteiger partial charge in [-0.25, -0.2) is 0 Å². The number of carbonyl (C=O) groups excluding carboxylic acids is 1. The number of phenols is 2. The largest absolute Gasteiger partial charge is 0.508 e. The van der Waals surface area contributed by atoms with Crippen LogP contribution in [0.3, 0.4) is 0 Å². The molecule has 0 aromatic heterocycles. The molecule has 3 fully saturated rings. The molecule has 2 saturated carbocycles. The molecular weight excluding hydrogens is 969 g/mol. The predicted molar refractivity (Wildman–Crippen MR) is 291 cm³/mol. The van der Waals surface area contributed by atoms with Gasteiger partial charge in [-0.3, -0.25) is 4.79 Å². The van der Waals surface area contributed by atoms with E-state index in [1.54, 1.807) is 20.3 Å². The summed E-state index contributed by atoms with van der Waals surface area (Å²) in [7, 11) is 7.18. The molecule has 9 aliphatic rings. The number of nitrogens with one attached hydrogen (secondary N) is 3. The van der Waals surface area contributed by atoms with Crippen molar-refractivity contribution >= 4 is 33.6 Å². The molecule has 0 radical (unpaired) electrons. The maximum Gasteiger partial charge on any atom is 0.302 e. The van der Waals surface area contributed by atoms with Crippen LogP contribution in [-0.2, 0) is 32.6 Å². The van der Waals surface area contributed by atoms with E-state index >= 15 is 0 Å². The van der Waals surface area contributed by atoms with Crippen LogP contribution in [0.25, 0.3) is 17.2 Å². The lowest BCUT2D eigenvalue weighted by molar-refractivity contribution is -0.141. The second-order valence-corrected chi connectivity index (χ2v) is 24.7. The number of dihydropyridines is 1. The normalized spacial score (nSPS) is 31.3. The number of fused-ring (bicyclic) bond motifs is 10. The minimum absolute atomic E-state index is 0.0526. The third kappa shape index (κ3) is 9.26. The van der Waals surface area contributed by atoms with Gasteiger partial charge in [0.25, 0.3) is 0 Å². The Morgan fingerprint density at radius 3 is 2.74 bits per heavy atom. The van der Waals surface area contributed by atoms with Gasteiger partial charge in [-0.15, -0.1) is 5.92 Å². The first kappa shape index (κ1) is 49.7. The van der Waals surface area contributed by atoms with Crippen molar-refractivity contribution in [1.82, 2.24) is 16.0 Å². The fourth-order valence-corrected chi connectivity index (χ4v) is 16.7. The summed E-state index contributed by atoms with van der Waals surface area (Å²) in [6.45, 7) is 3.06. The lowest BCUT2D eigenvalue weighted by Crippen LogP contribution is -2.49. The van der Waals surface area contributed by atoms with Crippen LogP contribution in [0, 0.1) is 41.4 Å². The van der Waals surface area contributed by atoms with Gasteiger partial charge in [0, 0.05) is 96.0 Å². The van der Waals surface area contributed by atoms with Crippen molar-refractivity contribution < 1.29 is 38.7 Å². The van der Waals surface area contributed by atoms with E-state index in [1.807, 2.05) is 33.7 Å². The molecule has 388 valence electrons. The highest BCUT2D eigenvalue weighted by Gasteiger charge is 2.52. The SMILES string of the molecule is COCC1CC#CC2C#CC3=C(C=CC(N)N3)CC3CCC4(Cc5cc(O)cc(OC)c5-c5ccc6c(c54)OC(c4c5c(c(O)c(c42)CNCC1)OC1CSSCC2CCCC(C2)NC1C=C5)C6COC(C)=O)C3. The quantitative estimate of drug-likeness (QED) is 0.0814. The zero-order chi connectivity index (χ0) is 50.7. The number of esters is 1. The number of hydrogen-bond acceptors (Lipinski definition) is 14. The fourth-order valence-electron chi connectivity index (χ4n) is 14.0. The molecule has 12 nitrogen and oxygen atoms in total. The number of allylic oxidation sites excluding steroid dienone is 3. The van der Waals surface area contributed by atoms with Gasteiger partial charge in [0.1, 0.15) is 42.0 Å². The van der Waals surface area contributed by atoms with Crippen LogP contribution in [0.1, 0.15) is 128 Å². The first-order chi connectivity index (χ1) is 36.1. The Hall–Kier alpha value is -5.19. The Bertz CT molecular complexity index is 2970. The smallest absolute Gasteiger partial charge is 0.302 e. The summed E-state index contributed by atoms with van der Waals surface area (Å²) in [5, 5.41) is 35.7. The molecule has 6 aliphatic heterocycles. The molecule has 12 rings (SSSR count). The number of nitrogens with two attached hydrogens (primary N) is 1. The molecule has 6 bridgehead atoms. The van der Waals surface area contributed by atoms with Crippen LogP contribution >= 0.6 is 21.6 Å². The molecule has 11 unspecified atom stereocenters. The summed E-state index contributed by atoms with van der Waals surface area (Å²) < 4.78 is 33.1. The van der Waals surface area contributed by atoms with Crippen molar-refractivity contribution in [2.75, 3.05) is 45.5 Å². The highest BCUT2D eigenvalue weighted by atomic mass is 33.1. The van der Waals surface area contributed by atoms with E-state index in [1.165, 1.54) is 19.8 Å². The molecule has 1 saturated heterocycles. The van der Waals surface area contributed by atoms with Gasteiger partial charge >= 0.3 is 5.97 Å². The Labute approximate surface area is 443 Å². The number of rotatable bonds is 5. The van der Waals surface area contributed by atoms with Crippen molar-refractivity contribution in [2.24, 2.45) is 23.5 Å². The lowest BCUT2D eigenvalue weighted by atomic mass is 9.65. The Morgan fingerprint density at radius 2 is 1.88 bits per heavy atom. The van der Waals surface area contributed by atoms with E-state index in [4.69, 9.17) is 29.4 Å². The van der Waals surface area contributed by atoms with E-state index in [2.05, 4.69) is 70.0 Å². The number of methoxy groups -OCH3 is 2. The Morgan fingerprint density at radius 1 is 0.986 bits per heavy atom. The van der Waals surface area contributed by atoms with E-state index in [9.17, 15) is 15.0 Å². The standard InChI is InChI=1S/C60H68N4O8S2/c1-33(65)70-30-46-42-12-13-43-52-39(24-41(66)25-49(52)69-3)27-60-20-18-35(26-60)22-38-11-17-51(61)64-47(38)15-10-37-8-4-6-34(29-68-2)19-21-62-28-45-53(37)54(57(46)72-58(42)55(43)60)44-14-16-48-50(71-59(44)56(45)67)32-74-73-31-36-7-5-9-40(23-36)63-48/h11-14,16-17,24-25,34-37,40,46,48,50-51,57,62-64,66-67H,5-7,9,18-23,26-32,61H2,1-3H3. The lowest BCUT2D eigenvalue weighted by Gasteiger charge is -2.39. The van der Waals surface area contributed by atoms with Crippen LogP contribution in [0.15, 0.2) is 53.8 Å². The van der Waals surface area contributed by atoms with Gasteiger partial charge in [-0.2, -0.15) is 0 Å². The fraction of sp³-hybridized carbons (Fsp3) is 0.517. The number of benzene rings is 3. The van der Waals surface area contributed by atoms with Gasteiger partial charge in [0.15, 0.2) is 11.5 Å². The van der Waals surface area contributed by atoms with E-state index in [-0.39, 0.29) is 47.6 Å². The molecular formula is C60H68N4O8S2. The van der Waals surface area contributed by atoms with Crippen molar-refractivity contribution in [1.29, 1.82) is 0 Å². The van der Waals surface area contributed by atoms with Gasteiger partial charge in [0.2, 0.25) is 0 Å². The summed E-state index contributed by atoms with van der Waals surface area (Å²) in [5.41, 5.74) is 16.2. The van der Waals surface area contributed by atoms with Crippen LogP contribution in [0.2, 0.25) is 0 Å². The molecule has 3 aromatic rings. The average Bonchev–Trinajstić information content (AvgIpc) is 3.89. The van der Waals surface area contributed by atoms with Crippen LogP contribution in [0.4, 0.5) is 0 Å². The molecule has 3 aromatic carbocycles. The topological polar surface area (TPSA) is 166 Å². The minimum atomic E-state index is -0.736. The monoisotopic (exact) mass is 1040 g/mol. The first-order valence-electron chi connectivity index (χ1n) is 26.9. The van der Waals surface area contributed by atoms with Gasteiger partial charge in [-0.1, -0.05) is 70.2 Å². The summed E-state index contributed by atoms with van der Waals surface area (Å²) >= 11 is 0. The molecule has 6 heterocycles. The van der Waals surface area contributed by atoms with Crippen molar-refractivity contribution in [3.05, 3.63) is 92.7 Å². The summed E-state index contributed by atoms with van der Waals surface area (Å²) in [4.78, 5) is 13.1. The summed E-state index contributed by atoms with van der Waals surface area (Å²) in [5.74, 6) is 18.1. The second kappa shape index (κ2) is 20.7. The molecule has 74 heavy (non-hydrogen) atoms. The Balaban J connectivity index is 1.14. The van der Waals surface area contributed by atoms with Crippen LogP contribution in [0.5, 0.6) is 28.7 Å². The molecule has 1 spiro atoms. The highest BCUT2D eigenvalue weighted by Crippen LogP contribution is 2.64. The average molecular weight is 1040 g/mol. The van der Waals surface area contributed by atoms with E-state index < -0.39 is 24.1 Å². The van der Waals surface area contributed by atoms with E-state index in [0.29, 0.717) is 73.0 Å². The molecule has 14 heteroatoms. The molecule has 7 N–H and O–H groups in total. The summed E-state index contributed by atoms with van der Waals surface area (Å²) in [6.07, 6.45) is 17.5. The van der Waals surface area contributed by atoms with Crippen LogP contribution in [-0.4, -0.2) is 86.0 Å². The maximum absolute atomic E-state index is 13.2. The number of carbonyl (C=O) groups is 1. The first-order valence-corrected chi connectivity index (χ1v) is 29.3. The van der Waals surface area contributed by atoms with Gasteiger partial charge in [0.05, 0.1) is 30.9 Å². The van der Waals surface area contributed by atoms with Gasteiger partial charge < -0.3 is 55.6 Å². The van der Waals surface area contributed by atoms with Crippen molar-refractivity contribution in [2.45, 2.75) is 132 Å². The van der Waals surface area contributed by atoms with Crippen LogP contribution < -0.4 is 35.9 Å². The summed E-state index contributed by atoms with van der Waals surface area (Å²) in [6, 6.07) is 8.18.